The molecular weight excluding hydrogens is 210 g/mol. The highest BCUT2D eigenvalue weighted by Crippen LogP contribution is 2.27. The lowest BCUT2D eigenvalue weighted by molar-refractivity contribution is 0.340. The van der Waals surface area contributed by atoms with E-state index in [2.05, 4.69) is 12.2 Å². The van der Waals surface area contributed by atoms with E-state index in [9.17, 15) is 0 Å². The van der Waals surface area contributed by atoms with Crippen LogP contribution in [0.4, 0.5) is 5.69 Å². The molecule has 0 saturated heterocycles. The van der Waals surface area contributed by atoms with Gasteiger partial charge in [0.05, 0.1) is 11.6 Å². The maximum absolute atomic E-state index is 6.06. The molecule has 0 saturated carbocycles. The summed E-state index contributed by atoms with van der Waals surface area (Å²) < 4.78 is 5.36. The quantitative estimate of drug-likeness (QED) is 0.743. The molecule has 0 aliphatic carbocycles. The SMILES string of the molecule is CCCCNc1ccc(OCC)c(Cl)c1. The monoisotopic (exact) mass is 227 g/mol. The third-order valence-corrected chi connectivity index (χ3v) is 2.39. The molecule has 0 aromatic heterocycles. The van der Waals surface area contributed by atoms with Crippen molar-refractivity contribution in [1.29, 1.82) is 0 Å². The van der Waals surface area contributed by atoms with Gasteiger partial charge in [-0.2, -0.15) is 0 Å². The first kappa shape index (κ1) is 12.2. The standard InChI is InChI=1S/C12H18ClNO/c1-3-5-8-14-10-6-7-12(15-4-2)11(13)9-10/h6-7,9,14H,3-5,8H2,1-2H3. The van der Waals surface area contributed by atoms with Crippen molar-refractivity contribution in [2.45, 2.75) is 26.7 Å². The third-order valence-electron chi connectivity index (χ3n) is 2.09. The van der Waals surface area contributed by atoms with Crippen LogP contribution in [0.5, 0.6) is 5.75 Å². The van der Waals surface area contributed by atoms with Crippen molar-refractivity contribution in [2.75, 3.05) is 18.5 Å². The van der Waals surface area contributed by atoms with Crippen molar-refractivity contribution >= 4 is 17.3 Å². The fraction of sp³-hybridized carbons (Fsp3) is 0.500. The lowest BCUT2D eigenvalue weighted by Crippen LogP contribution is -2.01. The molecule has 1 aromatic carbocycles. The molecule has 0 amide bonds. The Bertz CT molecular complexity index is 302. The van der Waals surface area contributed by atoms with Gasteiger partial charge in [-0.1, -0.05) is 24.9 Å². The minimum atomic E-state index is 0.641. The summed E-state index contributed by atoms with van der Waals surface area (Å²) in [6.45, 7) is 5.75. The largest absolute Gasteiger partial charge is 0.492 e. The number of halogens is 1. The fourth-order valence-electron chi connectivity index (χ4n) is 1.29. The van der Waals surface area contributed by atoms with Crippen LogP contribution in [0, 0.1) is 0 Å². The second kappa shape index (κ2) is 6.57. The van der Waals surface area contributed by atoms with Gasteiger partial charge >= 0.3 is 0 Å². The van der Waals surface area contributed by atoms with Crippen LogP contribution in [0.1, 0.15) is 26.7 Å². The van der Waals surface area contributed by atoms with E-state index in [1.165, 1.54) is 12.8 Å². The first-order valence-electron chi connectivity index (χ1n) is 5.44. The highest BCUT2D eigenvalue weighted by Gasteiger charge is 2.01. The number of benzene rings is 1. The summed E-state index contributed by atoms with van der Waals surface area (Å²) in [5.74, 6) is 0.750. The molecule has 1 aromatic rings. The smallest absolute Gasteiger partial charge is 0.138 e. The van der Waals surface area contributed by atoms with Crippen LogP contribution in [0.15, 0.2) is 18.2 Å². The summed E-state index contributed by atoms with van der Waals surface area (Å²) in [5, 5.41) is 3.98. The second-order valence-electron chi connectivity index (χ2n) is 3.36. The zero-order valence-corrected chi connectivity index (χ0v) is 10.1. The van der Waals surface area contributed by atoms with Gasteiger partial charge in [0.2, 0.25) is 0 Å². The van der Waals surface area contributed by atoms with Crippen molar-refractivity contribution in [3.05, 3.63) is 23.2 Å². The van der Waals surface area contributed by atoms with Gasteiger partial charge in [0.15, 0.2) is 0 Å². The Hall–Kier alpha value is -0.890. The van der Waals surface area contributed by atoms with E-state index in [-0.39, 0.29) is 0 Å². The first-order valence-corrected chi connectivity index (χ1v) is 5.82. The highest BCUT2D eigenvalue weighted by atomic mass is 35.5. The first-order chi connectivity index (χ1) is 7.27. The topological polar surface area (TPSA) is 21.3 Å². The van der Waals surface area contributed by atoms with Gasteiger partial charge in [-0.15, -0.1) is 0 Å². The van der Waals surface area contributed by atoms with Crippen molar-refractivity contribution in [2.24, 2.45) is 0 Å². The van der Waals surface area contributed by atoms with Gasteiger partial charge in [-0.3, -0.25) is 0 Å². The van der Waals surface area contributed by atoms with E-state index in [0.717, 1.165) is 18.0 Å². The summed E-state index contributed by atoms with van der Waals surface area (Å²) in [6.07, 6.45) is 2.36. The molecule has 1 N–H and O–H groups in total. The number of nitrogens with one attached hydrogen (secondary N) is 1. The fourth-order valence-corrected chi connectivity index (χ4v) is 1.53. The van der Waals surface area contributed by atoms with Gasteiger partial charge in [-0.25, -0.2) is 0 Å². The van der Waals surface area contributed by atoms with Crippen molar-refractivity contribution in [1.82, 2.24) is 0 Å². The lowest BCUT2D eigenvalue weighted by atomic mass is 10.3. The molecular formula is C12H18ClNO. The Kier molecular flexibility index (Phi) is 5.33. The third kappa shape index (κ3) is 4.00. The average Bonchev–Trinajstić information content (AvgIpc) is 2.23. The minimum absolute atomic E-state index is 0.641. The van der Waals surface area contributed by atoms with E-state index >= 15 is 0 Å². The maximum atomic E-state index is 6.06. The Labute approximate surface area is 96.6 Å². The maximum Gasteiger partial charge on any atom is 0.138 e. The van der Waals surface area contributed by atoms with Crippen molar-refractivity contribution in [3.8, 4) is 5.75 Å². The molecule has 0 unspecified atom stereocenters. The van der Waals surface area contributed by atoms with E-state index in [0.29, 0.717) is 11.6 Å². The highest BCUT2D eigenvalue weighted by molar-refractivity contribution is 6.32. The molecule has 0 atom stereocenters. The van der Waals surface area contributed by atoms with Gasteiger partial charge in [0, 0.05) is 12.2 Å². The van der Waals surface area contributed by atoms with Crippen LogP contribution in [0.2, 0.25) is 5.02 Å². The Morgan fingerprint density at radius 1 is 1.33 bits per heavy atom. The number of rotatable bonds is 6. The van der Waals surface area contributed by atoms with Crippen LogP contribution < -0.4 is 10.1 Å². The molecule has 1 rings (SSSR count). The van der Waals surface area contributed by atoms with Crippen LogP contribution in [-0.4, -0.2) is 13.2 Å². The Balaban J connectivity index is 2.56. The summed E-state index contributed by atoms with van der Waals surface area (Å²) in [7, 11) is 0. The summed E-state index contributed by atoms with van der Waals surface area (Å²) in [4.78, 5) is 0. The van der Waals surface area contributed by atoms with Crippen LogP contribution >= 0.6 is 11.6 Å². The number of hydrogen-bond acceptors (Lipinski definition) is 2. The normalized spacial score (nSPS) is 10.1. The van der Waals surface area contributed by atoms with E-state index in [1.54, 1.807) is 0 Å². The summed E-state index contributed by atoms with van der Waals surface area (Å²) >= 11 is 6.06. The molecule has 0 fully saturated rings. The predicted molar refractivity (Wildman–Crippen MR) is 66.0 cm³/mol. The van der Waals surface area contributed by atoms with Crippen molar-refractivity contribution < 1.29 is 4.74 Å². The van der Waals surface area contributed by atoms with Gasteiger partial charge in [-0.05, 0) is 31.5 Å². The van der Waals surface area contributed by atoms with Crippen LogP contribution in [0.25, 0.3) is 0 Å². The molecule has 0 bridgehead atoms. The molecule has 84 valence electrons. The molecule has 0 heterocycles. The molecule has 0 radical (unpaired) electrons. The number of hydrogen-bond donors (Lipinski definition) is 1. The molecule has 0 aliphatic heterocycles. The average molecular weight is 228 g/mol. The Morgan fingerprint density at radius 3 is 2.73 bits per heavy atom. The summed E-state index contributed by atoms with van der Waals surface area (Å²) in [5.41, 5.74) is 1.05. The van der Waals surface area contributed by atoms with E-state index in [4.69, 9.17) is 16.3 Å². The predicted octanol–water partition coefficient (Wildman–Crippen LogP) is 3.95. The molecule has 2 nitrogen and oxygen atoms in total. The van der Waals surface area contributed by atoms with Gasteiger partial charge in [0.1, 0.15) is 5.75 Å². The van der Waals surface area contributed by atoms with Gasteiger partial charge < -0.3 is 10.1 Å². The molecule has 3 heteroatoms. The van der Waals surface area contributed by atoms with E-state index < -0.39 is 0 Å². The zero-order valence-electron chi connectivity index (χ0n) is 9.35. The van der Waals surface area contributed by atoms with Crippen molar-refractivity contribution in [3.63, 3.8) is 0 Å². The second-order valence-corrected chi connectivity index (χ2v) is 3.77. The molecule has 0 aliphatic rings. The number of anilines is 1. The van der Waals surface area contributed by atoms with Crippen LogP contribution in [-0.2, 0) is 0 Å². The van der Waals surface area contributed by atoms with Crippen LogP contribution in [0.3, 0.4) is 0 Å². The number of unbranched alkanes of at least 4 members (excludes halogenated alkanes) is 1. The number of ether oxygens (including phenoxy) is 1. The minimum Gasteiger partial charge on any atom is -0.492 e. The molecule has 0 spiro atoms. The Morgan fingerprint density at radius 2 is 2.13 bits per heavy atom. The zero-order chi connectivity index (χ0) is 11.1. The molecule has 15 heavy (non-hydrogen) atoms. The van der Waals surface area contributed by atoms with E-state index in [1.807, 2.05) is 25.1 Å². The lowest BCUT2D eigenvalue weighted by Gasteiger charge is -2.09. The van der Waals surface area contributed by atoms with Gasteiger partial charge in [0.25, 0.3) is 0 Å². The summed E-state index contributed by atoms with van der Waals surface area (Å²) in [6, 6.07) is 5.80.